The van der Waals surface area contributed by atoms with Crippen molar-refractivity contribution in [3.8, 4) is 0 Å². The van der Waals surface area contributed by atoms with Crippen LogP contribution in [0.4, 0.5) is 0 Å². The van der Waals surface area contributed by atoms with Gasteiger partial charge in [-0.1, -0.05) is 48.5 Å². The molecule has 0 N–H and O–H groups in total. The maximum atomic E-state index is 6.30. The predicted molar refractivity (Wildman–Crippen MR) is 125 cm³/mol. The number of fused-ring (bicyclic) bond motifs is 10. The Morgan fingerprint density at radius 3 is 1.33 bits per heavy atom. The lowest BCUT2D eigenvalue weighted by molar-refractivity contribution is 0.656. The second kappa shape index (κ2) is 5.43. The highest BCUT2D eigenvalue weighted by molar-refractivity contribution is 6.25. The maximum Gasteiger partial charge on any atom is 0.139 e. The number of furan rings is 2. The van der Waals surface area contributed by atoms with Crippen molar-refractivity contribution in [1.82, 2.24) is 0 Å². The van der Waals surface area contributed by atoms with Crippen LogP contribution in [0.5, 0.6) is 0 Å². The standard InChI is InChI=1S/C28H18O2/c1-15-11-25-27(19-9-5-3-7-17(15)19)21-13-22-24(14-23(21)29-25)30-26-12-16(2)18-8-4-6-10-20(18)28(22)26/h3-14H,1-2H3. The molecular formula is C28H18O2. The Morgan fingerprint density at radius 1 is 0.433 bits per heavy atom. The molecule has 2 heterocycles. The first-order valence-corrected chi connectivity index (χ1v) is 10.3. The van der Waals surface area contributed by atoms with Gasteiger partial charge in [0.05, 0.1) is 0 Å². The number of rotatable bonds is 0. The first-order chi connectivity index (χ1) is 14.7. The molecule has 0 bridgehead atoms. The van der Waals surface area contributed by atoms with Crippen LogP contribution in [0.25, 0.3) is 65.4 Å². The zero-order valence-electron chi connectivity index (χ0n) is 16.7. The average Bonchev–Trinajstić information content (AvgIpc) is 3.29. The Kier molecular flexibility index (Phi) is 2.91. The topological polar surface area (TPSA) is 26.3 Å². The normalized spacial score (nSPS) is 12.3. The Bertz CT molecular complexity index is 1680. The maximum absolute atomic E-state index is 6.30. The number of hydrogen-bond donors (Lipinski definition) is 0. The van der Waals surface area contributed by atoms with Crippen molar-refractivity contribution in [3.05, 3.63) is 83.9 Å². The lowest BCUT2D eigenvalue weighted by Crippen LogP contribution is -1.80. The zero-order valence-corrected chi connectivity index (χ0v) is 16.7. The largest absolute Gasteiger partial charge is 0.456 e. The summed E-state index contributed by atoms with van der Waals surface area (Å²) in [5.41, 5.74) is 6.06. The van der Waals surface area contributed by atoms with Crippen LogP contribution in [0, 0.1) is 13.8 Å². The summed E-state index contributed by atoms with van der Waals surface area (Å²) < 4.78 is 12.6. The Hall–Kier alpha value is -3.78. The van der Waals surface area contributed by atoms with Gasteiger partial charge < -0.3 is 8.83 Å². The van der Waals surface area contributed by atoms with Gasteiger partial charge in [0.15, 0.2) is 0 Å². The van der Waals surface area contributed by atoms with Gasteiger partial charge in [-0.25, -0.2) is 0 Å². The molecule has 0 aliphatic heterocycles. The summed E-state index contributed by atoms with van der Waals surface area (Å²) in [7, 11) is 0. The van der Waals surface area contributed by atoms with Crippen LogP contribution in [-0.2, 0) is 0 Å². The molecule has 2 nitrogen and oxygen atoms in total. The summed E-state index contributed by atoms with van der Waals surface area (Å²) in [5.74, 6) is 0. The van der Waals surface area contributed by atoms with E-state index in [4.69, 9.17) is 8.83 Å². The molecule has 0 amide bonds. The van der Waals surface area contributed by atoms with E-state index in [1.807, 2.05) is 0 Å². The van der Waals surface area contributed by atoms with E-state index in [0.717, 1.165) is 33.1 Å². The number of hydrogen-bond acceptors (Lipinski definition) is 2. The lowest BCUT2D eigenvalue weighted by Gasteiger charge is -2.04. The summed E-state index contributed by atoms with van der Waals surface area (Å²) in [4.78, 5) is 0. The zero-order chi connectivity index (χ0) is 20.0. The molecule has 0 saturated heterocycles. The minimum absolute atomic E-state index is 0.869. The van der Waals surface area contributed by atoms with E-state index in [0.29, 0.717) is 0 Å². The van der Waals surface area contributed by atoms with Gasteiger partial charge in [-0.2, -0.15) is 0 Å². The fourth-order valence-electron chi connectivity index (χ4n) is 5.12. The van der Waals surface area contributed by atoms with E-state index in [9.17, 15) is 0 Å². The Morgan fingerprint density at radius 2 is 0.867 bits per heavy atom. The molecule has 0 aliphatic carbocycles. The van der Waals surface area contributed by atoms with Crippen molar-refractivity contribution in [2.24, 2.45) is 0 Å². The Labute approximate surface area is 172 Å². The predicted octanol–water partition coefficient (Wildman–Crippen LogP) is 8.41. The third-order valence-electron chi connectivity index (χ3n) is 6.49. The van der Waals surface area contributed by atoms with Crippen LogP contribution >= 0.6 is 0 Å². The van der Waals surface area contributed by atoms with Gasteiger partial charge in [0, 0.05) is 27.6 Å². The minimum Gasteiger partial charge on any atom is -0.456 e. The van der Waals surface area contributed by atoms with Crippen molar-refractivity contribution < 1.29 is 8.83 Å². The van der Waals surface area contributed by atoms with E-state index in [1.54, 1.807) is 0 Å². The van der Waals surface area contributed by atoms with Crippen LogP contribution in [0.3, 0.4) is 0 Å². The quantitative estimate of drug-likeness (QED) is 0.261. The smallest absolute Gasteiger partial charge is 0.139 e. The van der Waals surface area contributed by atoms with Crippen LogP contribution < -0.4 is 0 Å². The molecule has 2 heteroatoms. The third kappa shape index (κ3) is 1.93. The molecule has 0 aliphatic rings. The van der Waals surface area contributed by atoms with Gasteiger partial charge in [-0.05, 0) is 64.7 Å². The average molecular weight is 386 g/mol. The minimum atomic E-state index is 0.869. The summed E-state index contributed by atoms with van der Waals surface area (Å²) >= 11 is 0. The Balaban J connectivity index is 1.73. The second-order valence-electron chi connectivity index (χ2n) is 8.27. The van der Waals surface area contributed by atoms with Gasteiger partial charge in [0.2, 0.25) is 0 Å². The lowest BCUT2D eigenvalue weighted by atomic mass is 9.97. The molecule has 7 rings (SSSR count). The molecule has 2 aromatic heterocycles. The highest BCUT2D eigenvalue weighted by atomic mass is 16.3. The molecule has 7 aromatic rings. The van der Waals surface area contributed by atoms with Crippen molar-refractivity contribution in [2.75, 3.05) is 0 Å². The highest BCUT2D eigenvalue weighted by Crippen LogP contribution is 2.42. The van der Waals surface area contributed by atoms with Crippen LogP contribution in [-0.4, -0.2) is 0 Å². The number of aryl methyl sites for hydroxylation is 2. The molecular weight excluding hydrogens is 368 g/mol. The van der Waals surface area contributed by atoms with E-state index in [2.05, 4.69) is 86.6 Å². The molecule has 142 valence electrons. The van der Waals surface area contributed by atoms with E-state index in [1.165, 1.54) is 43.4 Å². The second-order valence-corrected chi connectivity index (χ2v) is 8.27. The molecule has 5 aromatic carbocycles. The molecule has 0 spiro atoms. The van der Waals surface area contributed by atoms with Crippen LogP contribution in [0.2, 0.25) is 0 Å². The molecule has 0 radical (unpaired) electrons. The van der Waals surface area contributed by atoms with Crippen LogP contribution in [0.15, 0.2) is 81.6 Å². The summed E-state index contributed by atoms with van der Waals surface area (Å²) in [6.45, 7) is 4.28. The molecule has 0 atom stereocenters. The summed E-state index contributed by atoms with van der Waals surface area (Å²) in [6, 6.07) is 25.8. The van der Waals surface area contributed by atoms with Gasteiger partial charge in [0.1, 0.15) is 22.3 Å². The summed E-state index contributed by atoms with van der Waals surface area (Å²) in [6.07, 6.45) is 0. The van der Waals surface area contributed by atoms with Crippen LogP contribution in [0.1, 0.15) is 11.1 Å². The van der Waals surface area contributed by atoms with Crippen molar-refractivity contribution >= 4 is 65.4 Å². The fourth-order valence-corrected chi connectivity index (χ4v) is 5.12. The van der Waals surface area contributed by atoms with E-state index < -0.39 is 0 Å². The van der Waals surface area contributed by atoms with Gasteiger partial charge in [0.25, 0.3) is 0 Å². The highest BCUT2D eigenvalue weighted by Gasteiger charge is 2.17. The third-order valence-corrected chi connectivity index (χ3v) is 6.49. The molecule has 0 saturated carbocycles. The van der Waals surface area contributed by atoms with Gasteiger partial charge in [-0.3, -0.25) is 0 Å². The summed E-state index contributed by atoms with van der Waals surface area (Å²) in [5, 5.41) is 9.65. The van der Waals surface area contributed by atoms with Crippen molar-refractivity contribution in [3.63, 3.8) is 0 Å². The monoisotopic (exact) mass is 386 g/mol. The SMILES string of the molecule is Cc1cc2oc3cc4oc5cc(C)c6ccccc6c5c4cc3c2c2ccccc12. The first-order valence-electron chi connectivity index (χ1n) is 10.3. The van der Waals surface area contributed by atoms with Crippen molar-refractivity contribution in [2.45, 2.75) is 13.8 Å². The molecule has 30 heavy (non-hydrogen) atoms. The fraction of sp³-hybridized carbons (Fsp3) is 0.0714. The van der Waals surface area contributed by atoms with Gasteiger partial charge in [-0.15, -0.1) is 0 Å². The first kappa shape index (κ1) is 16.1. The molecule has 0 unspecified atom stereocenters. The van der Waals surface area contributed by atoms with Crippen molar-refractivity contribution in [1.29, 1.82) is 0 Å². The molecule has 0 fully saturated rings. The van der Waals surface area contributed by atoms with E-state index in [-0.39, 0.29) is 0 Å². The number of benzene rings is 5. The van der Waals surface area contributed by atoms with Gasteiger partial charge >= 0.3 is 0 Å². The van der Waals surface area contributed by atoms with E-state index >= 15 is 0 Å².